The van der Waals surface area contributed by atoms with E-state index in [1.54, 1.807) is 7.11 Å². The summed E-state index contributed by atoms with van der Waals surface area (Å²) >= 11 is 0. The van der Waals surface area contributed by atoms with Crippen LogP contribution in [0.2, 0.25) is 0 Å². The van der Waals surface area contributed by atoms with E-state index in [1.807, 2.05) is 18.1 Å². The molecule has 0 saturated heterocycles. The van der Waals surface area contributed by atoms with Crippen LogP contribution in [0.4, 0.5) is 11.5 Å². The van der Waals surface area contributed by atoms with Gasteiger partial charge in [-0.1, -0.05) is 17.7 Å². The number of hydrogen-bond donors (Lipinski definition) is 2. The number of ether oxygens (including phenoxy) is 1. The lowest BCUT2D eigenvalue weighted by atomic mass is 10.1. The zero-order valence-corrected chi connectivity index (χ0v) is 12.9. The van der Waals surface area contributed by atoms with Crippen molar-refractivity contribution >= 4 is 22.3 Å². The fraction of sp³-hybridized carbons (Fsp3) is 0.438. The quantitative estimate of drug-likeness (QED) is 0.764. The molecule has 21 heavy (non-hydrogen) atoms. The van der Waals surface area contributed by atoms with Gasteiger partial charge in [-0.15, -0.1) is 0 Å². The molecule has 114 valence electrons. The molecule has 2 N–H and O–H groups in total. The third-order valence-electron chi connectivity index (χ3n) is 3.44. The first kappa shape index (κ1) is 15.5. The highest BCUT2D eigenvalue weighted by Gasteiger charge is 2.11. The molecule has 0 spiro atoms. The molecule has 0 atom stereocenters. The fourth-order valence-electron chi connectivity index (χ4n) is 2.33. The Kier molecular flexibility index (Phi) is 5.36. The van der Waals surface area contributed by atoms with E-state index in [9.17, 15) is 0 Å². The van der Waals surface area contributed by atoms with Gasteiger partial charge in [0.05, 0.1) is 25.1 Å². The summed E-state index contributed by atoms with van der Waals surface area (Å²) in [7, 11) is 3.63. The van der Waals surface area contributed by atoms with E-state index in [2.05, 4.69) is 35.4 Å². The number of aliphatic hydroxyl groups is 1. The Bertz CT molecular complexity index is 601. The standard InChI is InChI=1S/C16H23N3O2/c1-12-4-5-13-14(10-12)16(19(2)7-8-20)18-11-15(13)17-6-9-21-3/h4-5,10-11,17,20H,6-9H2,1-3H3. The highest BCUT2D eigenvalue weighted by Crippen LogP contribution is 2.30. The van der Waals surface area contributed by atoms with Crippen molar-refractivity contribution in [2.75, 3.05) is 50.7 Å². The van der Waals surface area contributed by atoms with Gasteiger partial charge in [0.25, 0.3) is 0 Å². The summed E-state index contributed by atoms with van der Waals surface area (Å²) in [5.74, 6) is 0.889. The van der Waals surface area contributed by atoms with Crippen LogP contribution in [-0.2, 0) is 4.74 Å². The lowest BCUT2D eigenvalue weighted by Gasteiger charge is -2.20. The molecule has 5 nitrogen and oxygen atoms in total. The number of benzene rings is 1. The van der Waals surface area contributed by atoms with Crippen LogP contribution in [0.3, 0.4) is 0 Å². The van der Waals surface area contributed by atoms with E-state index in [4.69, 9.17) is 9.84 Å². The van der Waals surface area contributed by atoms with Crippen LogP contribution < -0.4 is 10.2 Å². The average molecular weight is 289 g/mol. The number of methoxy groups -OCH3 is 1. The first-order valence-electron chi connectivity index (χ1n) is 7.11. The van der Waals surface area contributed by atoms with E-state index >= 15 is 0 Å². The number of nitrogens with one attached hydrogen (secondary N) is 1. The maximum Gasteiger partial charge on any atom is 0.136 e. The van der Waals surface area contributed by atoms with E-state index < -0.39 is 0 Å². The molecule has 0 amide bonds. The topological polar surface area (TPSA) is 57.6 Å². The molecule has 0 fully saturated rings. The summed E-state index contributed by atoms with van der Waals surface area (Å²) in [6, 6.07) is 6.34. The largest absolute Gasteiger partial charge is 0.395 e. The fourth-order valence-corrected chi connectivity index (χ4v) is 2.33. The van der Waals surface area contributed by atoms with Gasteiger partial charge < -0.3 is 20.1 Å². The van der Waals surface area contributed by atoms with Crippen molar-refractivity contribution in [1.29, 1.82) is 0 Å². The van der Waals surface area contributed by atoms with Crippen LogP contribution in [0.5, 0.6) is 0 Å². The predicted octanol–water partition coefficient (Wildman–Crippen LogP) is 2.03. The van der Waals surface area contributed by atoms with E-state index in [1.165, 1.54) is 5.56 Å². The molecular formula is C16H23N3O2. The summed E-state index contributed by atoms with van der Waals surface area (Å²) in [5.41, 5.74) is 2.19. The van der Waals surface area contributed by atoms with Gasteiger partial charge in [0.15, 0.2) is 0 Å². The minimum Gasteiger partial charge on any atom is -0.395 e. The molecule has 0 aliphatic rings. The Morgan fingerprint density at radius 2 is 2.14 bits per heavy atom. The van der Waals surface area contributed by atoms with Gasteiger partial charge in [0, 0.05) is 38.0 Å². The van der Waals surface area contributed by atoms with Crippen molar-refractivity contribution in [3.8, 4) is 0 Å². The smallest absolute Gasteiger partial charge is 0.136 e. The molecule has 0 aliphatic carbocycles. The molecule has 0 bridgehead atoms. The number of fused-ring (bicyclic) bond motifs is 1. The maximum absolute atomic E-state index is 9.13. The van der Waals surface area contributed by atoms with Crippen LogP contribution in [0.1, 0.15) is 5.56 Å². The molecule has 0 radical (unpaired) electrons. The van der Waals surface area contributed by atoms with E-state index in [0.717, 1.165) is 28.8 Å². The third-order valence-corrected chi connectivity index (χ3v) is 3.44. The Morgan fingerprint density at radius 1 is 1.33 bits per heavy atom. The first-order chi connectivity index (χ1) is 10.2. The van der Waals surface area contributed by atoms with Gasteiger partial charge in [-0.25, -0.2) is 4.98 Å². The molecule has 2 aromatic rings. The Morgan fingerprint density at radius 3 is 2.86 bits per heavy atom. The normalized spacial score (nSPS) is 10.9. The minimum atomic E-state index is 0.110. The number of likely N-dealkylation sites (N-methyl/N-ethyl adjacent to an activating group) is 1. The van der Waals surface area contributed by atoms with Gasteiger partial charge in [0.1, 0.15) is 5.82 Å². The summed E-state index contributed by atoms with van der Waals surface area (Å²) < 4.78 is 5.07. The Labute approximate surface area is 125 Å². The number of aromatic nitrogens is 1. The van der Waals surface area contributed by atoms with Crippen molar-refractivity contribution in [3.05, 3.63) is 30.0 Å². The van der Waals surface area contributed by atoms with E-state index in [-0.39, 0.29) is 6.61 Å². The van der Waals surface area contributed by atoms with Crippen LogP contribution in [0.25, 0.3) is 10.8 Å². The molecule has 2 rings (SSSR count). The van der Waals surface area contributed by atoms with E-state index in [0.29, 0.717) is 13.2 Å². The van der Waals surface area contributed by atoms with Crippen molar-refractivity contribution in [2.45, 2.75) is 6.92 Å². The molecule has 0 aliphatic heterocycles. The number of nitrogens with zero attached hydrogens (tertiary/aromatic N) is 2. The maximum atomic E-state index is 9.13. The number of aliphatic hydroxyl groups excluding tert-OH is 1. The minimum absolute atomic E-state index is 0.110. The molecule has 0 unspecified atom stereocenters. The predicted molar refractivity (Wildman–Crippen MR) is 87.2 cm³/mol. The molecule has 1 heterocycles. The lowest BCUT2D eigenvalue weighted by molar-refractivity contribution is 0.211. The molecule has 1 aromatic heterocycles. The van der Waals surface area contributed by atoms with Gasteiger partial charge in [-0.05, 0) is 13.0 Å². The Hall–Kier alpha value is -1.85. The summed E-state index contributed by atoms with van der Waals surface area (Å²) in [6.07, 6.45) is 1.84. The molecule has 5 heteroatoms. The van der Waals surface area contributed by atoms with Crippen LogP contribution in [0.15, 0.2) is 24.4 Å². The molecular weight excluding hydrogens is 266 g/mol. The number of aryl methyl sites for hydroxylation is 1. The van der Waals surface area contributed by atoms with Gasteiger partial charge in [-0.2, -0.15) is 0 Å². The number of anilines is 2. The molecule has 0 saturated carbocycles. The number of pyridine rings is 1. The summed E-state index contributed by atoms with van der Waals surface area (Å²) in [6.45, 7) is 4.14. The third kappa shape index (κ3) is 3.62. The number of rotatable bonds is 7. The summed E-state index contributed by atoms with van der Waals surface area (Å²) in [5, 5.41) is 14.7. The second-order valence-electron chi connectivity index (χ2n) is 5.11. The second-order valence-corrected chi connectivity index (χ2v) is 5.11. The summed E-state index contributed by atoms with van der Waals surface area (Å²) in [4.78, 5) is 6.53. The van der Waals surface area contributed by atoms with Crippen molar-refractivity contribution < 1.29 is 9.84 Å². The SMILES string of the molecule is COCCNc1cnc(N(C)CCO)c2cc(C)ccc12. The van der Waals surface area contributed by atoms with Crippen LogP contribution in [-0.4, -0.2) is 50.6 Å². The zero-order chi connectivity index (χ0) is 15.2. The molecule has 1 aromatic carbocycles. The van der Waals surface area contributed by atoms with Crippen molar-refractivity contribution in [1.82, 2.24) is 4.98 Å². The van der Waals surface area contributed by atoms with Crippen molar-refractivity contribution in [2.24, 2.45) is 0 Å². The lowest BCUT2D eigenvalue weighted by Crippen LogP contribution is -2.22. The van der Waals surface area contributed by atoms with Gasteiger partial charge >= 0.3 is 0 Å². The highest BCUT2D eigenvalue weighted by atomic mass is 16.5. The van der Waals surface area contributed by atoms with Crippen LogP contribution in [0, 0.1) is 6.92 Å². The number of hydrogen-bond acceptors (Lipinski definition) is 5. The Balaban J connectivity index is 2.43. The first-order valence-corrected chi connectivity index (χ1v) is 7.11. The second kappa shape index (κ2) is 7.24. The van der Waals surface area contributed by atoms with Crippen LogP contribution >= 0.6 is 0 Å². The highest BCUT2D eigenvalue weighted by molar-refractivity contribution is 6.00. The zero-order valence-electron chi connectivity index (χ0n) is 12.9. The van der Waals surface area contributed by atoms with Gasteiger partial charge in [-0.3, -0.25) is 0 Å². The van der Waals surface area contributed by atoms with Gasteiger partial charge in [0.2, 0.25) is 0 Å². The van der Waals surface area contributed by atoms with Crippen molar-refractivity contribution in [3.63, 3.8) is 0 Å². The average Bonchev–Trinajstić information content (AvgIpc) is 2.47. The monoisotopic (exact) mass is 289 g/mol.